The first-order valence-corrected chi connectivity index (χ1v) is 10.8. The fourth-order valence-corrected chi connectivity index (χ4v) is 4.61. The molecule has 0 bridgehead atoms. The van der Waals surface area contributed by atoms with Gasteiger partial charge in [-0.05, 0) is 0 Å². The molecule has 0 heterocycles. The molecule has 4 rings (SSSR count). The van der Waals surface area contributed by atoms with E-state index in [4.69, 9.17) is 3.32 Å². The van der Waals surface area contributed by atoms with Crippen LogP contribution in [0.2, 0.25) is 0 Å². The maximum absolute atomic E-state index is 6.75. The monoisotopic (exact) mass is 468 g/mol. The largest absolute Gasteiger partial charge is 0.147 e. The standard InChI is InChI=1S/C21H15O.C5H5.2ClH.Ti/c22-21(19-12-6-2-7-13-19,20-14-8-3-9-15-20)17-16-18-10-4-1-5-11-18;1-2-4-5-3-1;;;/h1-15H;1-3H,4H2;2*1H;/q-1;;;;+1. The average molecular weight is 469 g/mol. The third-order valence-electron chi connectivity index (χ3n) is 4.62. The van der Waals surface area contributed by atoms with Crippen molar-refractivity contribution in [1.82, 2.24) is 0 Å². The third kappa shape index (κ3) is 5.76. The fourth-order valence-electron chi connectivity index (χ4n) is 3.15. The Balaban J connectivity index is 0.00000160. The minimum Gasteiger partial charge on any atom is -0.147 e. The second-order valence-corrected chi connectivity index (χ2v) is 8.20. The van der Waals surface area contributed by atoms with Gasteiger partial charge in [-0.25, -0.2) is 0 Å². The molecular weight excluding hydrogens is 447 g/mol. The summed E-state index contributed by atoms with van der Waals surface area (Å²) in [7, 11) is 0. The van der Waals surface area contributed by atoms with Crippen molar-refractivity contribution in [2.24, 2.45) is 0 Å². The molecule has 4 heteroatoms. The Kier molecular flexibility index (Phi) is 9.66. The quantitative estimate of drug-likeness (QED) is 0.299. The van der Waals surface area contributed by atoms with E-state index < -0.39 is 25.1 Å². The van der Waals surface area contributed by atoms with E-state index in [0.29, 0.717) is 0 Å². The van der Waals surface area contributed by atoms with Gasteiger partial charge in [0.1, 0.15) is 0 Å². The van der Waals surface area contributed by atoms with E-state index in [1.165, 1.54) is 3.88 Å². The summed E-state index contributed by atoms with van der Waals surface area (Å²) >= 11 is -0.763. The van der Waals surface area contributed by atoms with Gasteiger partial charge in [-0.15, -0.1) is 24.8 Å². The Bertz CT molecular complexity index is 996. The summed E-state index contributed by atoms with van der Waals surface area (Å²) < 4.78 is 8.14. The summed E-state index contributed by atoms with van der Waals surface area (Å²) in [5.74, 6) is 6.89. The van der Waals surface area contributed by atoms with E-state index in [1.54, 1.807) is 0 Å². The molecule has 0 saturated heterocycles. The Hall–Kier alpha value is -2.05. The van der Waals surface area contributed by atoms with Crippen LogP contribution in [0.3, 0.4) is 0 Å². The molecule has 1 aliphatic rings. The number of halogens is 2. The van der Waals surface area contributed by atoms with Crippen molar-refractivity contribution in [3.8, 4) is 11.8 Å². The fraction of sp³-hybridized carbons (Fsp3) is 0.0769. The zero-order valence-electron chi connectivity index (χ0n) is 16.3. The van der Waals surface area contributed by atoms with Gasteiger partial charge in [-0.3, -0.25) is 0 Å². The van der Waals surface area contributed by atoms with Gasteiger partial charge in [0.2, 0.25) is 0 Å². The number of rotatable bonds is 5. The minimum absolute atomic E-state index is 0. The van der Waals surface area contributed by atoms with Crippen LogP contribution in [0.15, 0.2) is 113 Å². The minimum atomic E-state index is -0.776. The molecule has 30 heavy (non-hydrogen) atoms. The molecule has 0 fully saturated rings. The van der Waals surface area contributed by atoms with E-state index in [1.807, 2.05) is 42.5 Å². The normalized spacial score (nSPS) is 11.9. The smallest absolute Gasteiger partial charge is 0.147 e. The number of hydrogen-bond donors (Lipinski definition) is 0. The van der Waals surface area contributed by atoms with Gasteiger partial charge in [0.25, 0.3) is 0 Å². The van der Waals surface area contributed by atoms with Gasteiger partial charge >= 0.3 is 177 Å². The number of allylic oxidation sites excluding steroid dienone is 4. The molecule has 0 aromatic heterocycles. The first-order valence-electron chi connectivity index (χ1n) is 9.36. The molecule has 0 N–H and O–H groups in total. The summed E-state index contributed by atoms with van der Waals surface area (Å²) in [5.41, 5.74) is 2.35. The molecule has 0 saturated carbocycles. The van der Waals surface area contributed by atoms with Crippen LogP contribution < -0.4 is 0 Å². The average Bonchev–Trinajstić information content (AvgIpc) is 3.30. The maximum atomic E-state index is 6.75. The molecule has 0 atom stereocenters. The van der Waals surface area contributed by atoms with Crippen molar-refractivity contribution in [3.63, 3.8) is 0 Å². The molecule has 0 aliphatic heterocycles. The van der Waals surface area contributed by atoms with Crippen LogP contribution in [0.25, 0.3) is 0 Å². The molecule has 0 amide bonds. The Morgan fingerprint density at radius 3 is 1.77 bits per heavy atom. The van der Waals surface area contributed by atoms with Crippen molar-refractivity contribution in [1.29, 1.82) is 0 Å². The van der Waals surface area contributed by atoms with Gasteiger partial charge in [-0.1, -0.05) is 0 Å². The van der Waals surface area contributed by atoms with E-state index in [0.717, 1.165) is 23.1 Å². The molecule has 1 nitrogen and oxygen atoms in total. The van der Waals surface area contributed by atoms with Crippen LogP contribution in [0.5, 0.6) is 0 Å². The Morgan fingerprint density at radius 2 is 1.27 bits per heavy atom. The van der Waals surface area contributed by atoms with Crippen molar-refractivity contribution in [2.75, 3.05) is 0 Å². The van der Waals surface area contributed by atoms with Crippen LogP contribution in [-0.2, 0) is 28.5 Å². The zero-order chi connectivity index (χ0) is 19.1. The third-order valence-corrected chi connectivity index (χ3v) is 6.25. The van der Waals surface area contributed by atoms with E-state index >= 15 is 0 Å². The molecule has 0 unspecified atom stereocenters. The first kappa shape index (κ1) is 24.2. The zero-order valence-corrected chi connectivity index (χ0v) is 19.5. The van der Waals surface area contributed by atoms with Crippen LogP contribution in [0, 0.1) is 11.8 Å². The first-order chi connectivity index (χ1) is 13.9. The summed E-state index contributed by atoms with van der Waals surface area (Å²) in [6.07, 6.45) is 7.48. The van der Waals surface area contributed by atoms with Crippen LogP contribution >= 0.6 is 24.8 Å². The second kappa shape index (κ2) is 12.0. The van der Waals surface area contributed by atoms with Gasteiger partial charge in [0.15, 0.2) is 0 Å². The van der Waals surface area contributed by atoms with Crippen molar-refractivity contribution in [2.45, 2.75) is 12.0 Å². The number of hydrogen-bond acceptors (Lipinski definition) is 1. The Morgan fingerprint density at radius 1 is 0.733 bits per heavy atom. The molecule has 3 aromatic rings. The predicted octanol–water partition coefficient (Wildman–Crippen LogP) is 6.68. The SMILES string of the molecule is C(#CC([O][Ti][C]1=CC=CC1)(c1ccccc1)c1ccccc1)c1ccccc1.Cl.Cl. The summed E-state index contributed by atoms with van der Waals surface area (Å²) in [4.78, 5) is 0. The van der Waals surface area contributed by atoms with E-state index in [-0.39, 0.29) is 24.8 Å². The molecule has 0 radical (unpaired) electrons. The molecular formula is C26H22Cl2OTi. The van der Waals surface area contributed by atoms with Crippen molar-refractivity contribution in [3.05, 3.63) is 130 Å². The summed E-state index contributed by atoms with van der Waals surface area (Å²) in [6, 6.07) is 30.8. The van der Waals surface area contributed by atoms with Crippen molar-refractivity contribution < 1.29 is 22.9 Å². The van der Waals surface area contributed by atoms with Gasteiger partial charge in [0, 0.05) is 0 Å². The van der Waals surface area contributed by atoms with Gasteiger partial charge in [-0.2, -0.15) is 0 Å². The van der Waals surface area contributed by atoms with Gasteiger partial charge in [0.05, 0.1) is 0 Å². The predicted molar refractivity (Wildman–Crippen MR) is 124 cm³/mol. The Labute approximate surface area is 200 Å². The van der Waals surface area contributed by atoms with E-state index in [2.05, 4.69) is 78.6 Å². The van der Waals surface area contributed by atoms with Crippen LogP contribution in [0.4, 0.5) is 0 Å². The van der Waals surface area contributed by atoms with E-state index in [9.17, 15) is 0 Å². The maximum Gasteiger partial charge on any atom is -0.147 e. The second-order valence-electron chi connectivity index (χ2n) is 6.56. The van der Waals surface area contributed by atoms with Crippen LogP contribution in [-0.4, -0.2) is 0 Å². The van der Waals surface area contributed by atoms with Crippen molar-refractivity contribution >= 4 is 24.8 Å². The molecule has 150 valence electrons. The summed E-state index contributed by atoms with van der Waals surface area (Å²) in [6.45, 7) is 0. The summed E-state index contributed by atoms with van der Waals surface area (Å²) in [5, 5.41) is 0. The topological polar surface area (TPSA) is 9.23 Å². The van der Waals surface area contributed by atoms with Gasteiger partial charge < -0.3 is 0 Å². The van der Waals surface area contributed by atoms with Crippen LogP contribution in [0.1, 0.15) is 23.1 Å². The molecule has 0 spiro atoms. The number of benzene rings is 3. The molecule has 1 aliphatic carbocycles. The molecule has 3 aromatic carbocycles.